The van der Waals surface area contributed by atoms with Crippen molar-refractivity contribution in [1.82, 2.24) is 10.2 Å². The van der Waals surface area contributed by atoms with Crippen molar-refractivity contribution in [3.63, 3.8) is 0 Å². The molecular formula is C14H8BrN5O4. The zero-order chi connectivity index (χ0) is 17.3. The number of aromatic amines is 1. The lowest BCUT2D eigenvalue weighted by Gasteiger charge is -1.97. The van der Waals surface area contributed by atoms with Gasteiger partial charge in [-0.2, -0.15) is 5.10 Å². The molecule has 9 nitrogen and oxygen atoms in total. The number of hydrogen-bond donors (Lipinski definition) is 1. The molecule has 0 aliphatic carbocycles. The van der Waals surface area contributed by atoms with Crippen LogP contribution in [-0.4, -0.2) is 26.3 Å². The van der Waals surface area contributed by atoms with Gasteiger partial charge in [0.1, 0.15) is 0 Å². The predicted molar refractivity (Wildman–Crippen MR) is 90.8 cm³/mol. The summed E-state index contributed by atoms with van der Waals surface area (Å²) in [5, 5.41) is 29.0. The summed E-state index contributed by atoms with van der Waals surface area (Å²) in [4.78, 5) is 25.0. The molecule has 0 unspecified atom stereocenters. The van der Waals surface area contributed by atoms with Gasteiger partial charge in [-0.3, -0.25) is 25.3 Å². The minimum absolute atomic E-state index is 0.0698. The molecule has 0 amide bonds. The molecule has 0 aliphatic heterocycles. The number of halogens is 1. The molecule has 0 spiro atoms. The van der Waals surface area contributed by atoms with Gasteiger partial charge in [0.2, 0.25) is 0 Å². The highest BCUT2D eigenvalue weighted by atomic mass is 79.9. The van der Waals surface area contributed by atoms with E-state index in [1.54, 1.807) is 18.2 Å². The second-order valence-corrected chi connectivity index (χ2v) is 5.61. The number of nitro benzene ring substituents is 2. The Balaban J connectivity index is 1.99. The van der Waals surface area contributed by atoms with E-state index in [4.69, 9.17) is 0 Å². The van der Waals surface area contributed by atoms with Crippen molar-refractivity contribution in [3.05, 3.63) is 66.7 Å². The smallest absolute Gasteiger partial charge is 0.276 e. The van der Waals surface area contributed by atoms with Gasteiger partial charge in [0, 0.05) is 24.4 Å². The lowest BCUT2D eigenvalue weighted by molar-refractivity contribution is -0.385. The van der Waals surface area contributed by atoms with Crippen LogP contribution in [-0.2, 0) is 0 Å². The van der Waals surface area contributed by atoms with Crippen molar-refractivity contribution in [2.75, 3.05) is 0 Å². The van der Waals surface area contributed by atoms with Crippen molar-refractivity contribution >= 4 is 50.2 Å². The molecule has 0 saturated heterocycles. The highest BCUT2D eigenvalue weighted by Crippen LogP contribution is 2.28. The normalized spacial score (nSPS) is 11.2. The number of hydrogen-bond acceptors (Lipinski definition) is 6. The standard InChI is InChI=1S/C14H8BrN5O4/c15-11-3-1-8(5-13(11)20(23)24)7-16-14-10-6-9(19(21)22)2-4-12(10)17-18-14/h1-7H,(H,17,18). The summed E-state index contributed by atoms with van der Waals surface area (Å²) >= 11 is 3.11. The van der Waals surface area contributed by atoms with Crippen LogP contribution in [0.5, 0.6) is 0 Å². The van der Waals surface area contributed by atoms with Crippen LogP contribution in [0.4, 0.5) is 17.2 Å². The first-order chi connectivity index (χ1) is 11.5. The van der Waals surface area contributed by atoms with E-state index in [1.165, 1.54) is 24.4 Å². The Morgan fingerprint density at radius 2 is 1.92 bits per heavy atom. The Bertz CT molecular complexity index is 998. The molecule has 3 rings (SSSR count). The highest BCUT2D eigenvalue weighted by molar-refractivity contribution is 9.10. The van der Waals surface area contributed by atoms with E-state index in [1.807, 2.05) is 0 Å². The zero-order valence-electron chi connectivity index (χ0n) is 11.8. The largest absolute Gasteiger partial charge is 0.284 e. The van der Waals surface area contributed by atoms with Crippen LogP contribution in [0.15, 0.2) is 45.9 Å². The Hall–Kier alpha value is -3.14. The monoisotopic (exact) mass is 389 g/mol. The van der Waals surface area contributed by atoms with Gasteiger partial charge in [-0.25, -0.2) is 4.99 Å². The lowest BCUT2D eigenvalue weighted by atomic mass is 10.2. The number of nitro groups is 2. The molecular weight excluding hydrogens is 382 g/mol. The summed E-state index contributed by atoms with van der Waals surface area (Å²) in [6.45, 7) is 0. The van der Waals surface area contributed by atoms with Crippen molar-refractivity contribution in [2.24, 2.45) is 4.99 Å². The van der Waals surface area contributed by atoms with Gasteiger partial charge >= 0.3 is 0 Å². The van der Waals surface area contributed by atoms with E-state index >= 15 is 0 Å². The zero-order valence-corrected chi connectivity index (χ0v) is 13.4. The molecule has 120 valence electrons. The van der Waals surface area contributed by atoms with Crippen molar-refractivity contribution in [2.45, 2.75) is 0 Å². The quantitative estimate of drug-likeness (QED) is 0.411. The van der Waals surface area contributed by atoms with E-state index in [-0.39, 0.29) is 17.2 Å². The summed E-state index contributed by atoms with van der Waals surface area (Å²) in [6, 6.07) is 8.85. The summed E-state index contributed by atoms with van der Waals surface area (Å²) in [5.74, 6) is 0.263. The first-order valence-electron chi connectivity index (χ1n) is 6.56. The lowest BCUT2D eigenvalue weighted by Crippen LogP contribution is -1.91. The fourth-order valence-electron chi connectivity index (χ4n) is 2.09. The molecule has 2 aromatic carbocycles. The van der Waals surface area contributed by atoms with Gasteiger partial charge < -0.3 is 0 Å². The minimum atomic E-state index is -0.505. The topological polar surface area (TPSA) is 127 Å². The third-order valence-electron chi connectivity index (χ3n) is 3.24. The van der Waals surface area contributed by atoms with Gasteiger partial charge in [0.05, 0.1) is 25.2 Å². The Labute approximate surface area is 142 Å². The molecule has 0 saturated carbocycles. The van der Waals surface area contributed by atoms with Crippen LogP contribution in [0.1, 0.15) is 5.56 Å². The Kier molecular flexibility index (Phi) is 4.04. The second kappa shape index (κ2) is 6.16. The van der Waals surface area contributed by atoms with Gasteiger partial charge in [-0.05, 0) is 33.6 Å². The molecule has 0 fully saturated rings. The summed E-state index contributed by atoms with van der Waals surface area (Å²) in [6.07, 6.45) is 1.41. The number of aliphatic imine (C=N–C) groups is 1. The van der Waals surface area contributed by atoms with E-state index in [0.717, 1.165) is 0 Å². The van der Waals surface area contributed by atoms with Crippen molar-refractivity contribution < 1.29 is 9.85 Å². The van der Waals surface area contributed by atoms with Gasteiger partial charge in [-0.15, -0.1) is 0 Å². The third kappa shape index (κ3) is 2.99. The molecule has 1 aromatic heterocycles. The predicted octanol–water partition coefficient (Wildman–Crippen LogP) is 3.89. The molecule has 1 N–H and O–H groups in total. The average Bonchev–Trinajstić information content (AvgIpc) is 2.96. The van der Waals surface area contributed by atoms with Crippen LogP contribution >= 0.6 is 15.9 Å². The maximum atomic E-state index is 10.9. The molecule has 0 radical (unpaired) electrons. The number of rotatable bonds is 4. The van der Waals surface area contributed by atoms with Crippen LogP contribution < -0.4 is 0 Å². The molecule has 24 heavy (non-hydrogen) atoms. The maximum absolute atomic E-state index is 10.9. The average molecular weight is 390 g/mol. The van der Waals surface area contributed by atoms with Crippen LogP contribution in [0.2, 0.25) is 0 Å². The molecule has 0 atom stereocenters. The first-order valence-corrected chi connectivity index (χ1v) is 7.35. The Morgan fingerprint density at radius 3 is 2.62 bits per heavy atom. The molecule has 10 heteroatoms. The van der Waals surface area contributed by atoms with Crippen molar-refractivity contribution in [3.8, 4) is 0 Å². The molecule has 1 heterocycles. The van der Waals surface area contributed by atoms with Gasteiger partial charge in [0.15, 0.2) is 5.82 Å². The number of aromatic nitrogens is 2. The number of nitrogens with one attached hydrogen (secondary N) is 1. The summed E-state index contributed by atoms with van der Waals surface area (Å²) < 4.78 is 0.366. The number of nitrogens with zero attached hydrogens (tertiary/aromatic N) is 4. The SMILES string of the molecule is O=[N+]([O-])c1ccc2[nH]nc(N=Cc3ccc(Br)c([N+](=O)[O-])c3)c2c1. The van der Waals surface area contributed by atoms with Crippen LogP contribution in [0, 0.1) is 20.2 Å². The fourth-order valence-corrected chi connectivity index (χ4v) is 2.48. The van der Waals surface area contributed by atoms with Crippen LogP contribution in [0.25, 0.3) is 10.9 Å². The van der Waals surface area contributed by atoms with E-state index in [0.29, 0.717) is 20.9 Å². The highest BCUT2D eigenvalue weighted by Gasteiger charge is 2.13. The second-order valence-electron chi connectivity index (χ2n) is 4.76. The number of non-ortho nitro benzene ring substituents is 1. The van der Waals surface area contributed by atoms with Gasteiger partial charge in [-0.1, -0.05) is 6.07 Å². The summed E-state index contributed by atoms with van der Waals surface area (Å²) in [5.41, 5.74) is 0.960. The minimum Gasteiger partial charge on any atom is -0.276 e. The van der Waals surface area contributed by atoms with Crippen LogP contribution in [0.3, 0.4) is 0 Å². The van der Waals surface area contributed by atoms with Gasteiger partial charge in [0.25, 0.3) is 11.4 Å². The molecule has 3 aromatic rings. The third-order valence-corrected chi connectivity index (χ3v) is 3.91. The fraction of sp³-hybridized carbons (Fsp3) is 0. The molecule has 0 aliphatic rings. The molecule has 0 bridgehead atoms. The summed E-state index contributed by atoms with van der Waals surface area (Å²) in [7, 11) is 0. The number of benzene rings is 2. The Morgan fingerprint density at radius 1 is 1.12 bits per heavy atom. The van der Waals surface area contributed by atoms with E-state index < -0.39 is 9.85 Å². The van der Waals surface area contributed by atoms with Crippen molar-refractivity contribution in [1.29, 1.82) is 0 Å². The maximum Gasteiger partial charge on any atom is 0.284 e. The number of fused-ring (bicyclic) bond motifs is 1. The number of H-pyrrole nitrogens is 1. The van der Waals surface area contributed by atoms with E-state index in [2.05, 4.69) is 31.1 Å². The van der Waals surface area contributed by atoms with E-state index in [9.17, 15) is 20.2 Å². The first kappa shape index (κ1) is 15.7.